The molecule has 6 nitrogen and oxygen atoms in total. The Morgan fingerprint density at radius 3 is 1.83 bits per heavy atom. The number of hydrogen-bond donors (Lipinski definition) is 2. The van der Waals surface area contributed by atoms with Crippen LogP contribution in [0, 0.1) is 0 Å². The summed E-state index contributed by atoms with van der Waals surface area (Å²) in [7, 11) is -3.00. The zero-order valence-corrected chi connectivity index (χ0v) is 12.7. The second-order valence-corrected chi connectivity index (χ2v) is 6.46. The summed E-state index contributed by atoms with van der Waals surface area (Å²) < 4.78 is 17.1. The highest BCUT2D eigenvalue weighted by Gasteiger charge is 2.49. The molecule has 1 unspecified atom stereocenters. The molecule has 0 aromatic carbocycles. The first kappa shape index (κ1) is 17.4. The molecule has 2 N–H and O–H groups in total. The first-order valence-corrected chi connectivity index (χ1v) is 8.27. The van der Waals surface area contributed by atoms with Crippen molar-refractivity contribution in [1.82, 2.24) is 5.32 Å². The zero-order valence-electron chi connectivity index (χ0n) is 11.7. The van der Waals surface area contributed by atoms with Gasteiger partial charge in [0.15, 0.2) is 0 Å². The van der Waals surface area contributed by atoms with E-state index in [9.17, 15) is 4.79 Å². The summed E-state index contributed by atoms with van der Waals surface area (Å²) in [6.45, 7) is 8.85. The quantitative estimate of drug-likeness (QED) is 0.598. The molecular formula is C11H25NO5Si. The molecule has 0 fully saturated rings. The van der Waals surface area contributed by atoms with Gasteiger partial charge in [-0.15, -0.1) is 0 Å². The van der Waals surface area contributed by atoms with E-state index in [1.165, 1.54) is 0 Å². The standard InChI is InChI=1S/C11H25NO5Si/c1-5-9-10(12-11(13)14)18(15-6-2,16-7-3)17-8-4/h10,12H,5-9H2,1-4H3,(H,13,14). The van der Waals surface area contributed by atoms with E-state index < -0.39 is 20.6 Å². The Bertz CT molecular complexity index is 222. The molecule has 0 aromatic heterocycles. The van der Waals surface area contributed by atoms with E-state index in [4.69, 9.17) is 18.4 Å². The van der Waals surface area contributed by atoms with Crippen LogP contribution in [0.2, 0.25) is 0 Å². The number of carbonyl (C=O) groups is 1. The Labute approximate surface area is 110 Å². The first-order valence-electron chi connectivity index (χ1n) is 6.47. The van der Waals surface area contributed by atoms with Gasteiger partial charge in [-0.3, -0.25) is 0 Å². The minimum absolute atomic E-state index is 0.417. The molecule has 0 saturated heterocycles. The largest absolute Gasteiger partial charge is 0.524 e. The number of nitrogens with one attached hydrogen (secondary N) is 1. The predicted octanol–water partition coefficient (Wildman–Crippen LogP) is 2.01. The average Bonchev–Trinajstić information content (AvgIpc) is 2.29. The van der Waals surface area contributed by atoms with E-state index in [1.807, 2.05) is 27.7 Å². The van der Waals surface area contributed by atoms with Gasteiger partial charge in [0.05, 0.1) is 0 Å². The molecule has 0 heterocycles. The second-order valence-electron chi connectivity index (χ2n) is 3.69. The minimum Gasteiger partial charge on any atom is -0.465 e. The highest BCUT2D eigenvalue weighted by Crippen LogP contribution is 2.19. The number of hydrogen-bond acceptors (Lipinski definition) is 4. The Morgan fingerprint density at radius 1 is 1.11 bits per heavy atom. The second kappa shape index (κ2) is 9.32. The lowest BCUT2D eigenvalue weighted by molar-refractivity contribution is 0.0563. The van der Waals surface area contributed by atoms with Crippen LogP contribution in [0.1, 0.15) is 40.5 Å². The molecule has 0 aromatic rings. The van der Waals surface area contributed by atoms with Gasteiger partial charge in [0.2, 0.25) is 0 Å². The molecule has 0 bridgehead atoms. The molecule has 0 aliphatic heterocycles. The maximum atomic E-state index is 10.9. The summed E-state index contributed by atoms with van der Waals surface area (Å²) >= 11 is 0. The van der Waals surface area contributed by atoms with Gasteiger partial charge in [0.1, 0.15) is 5.67 Å². The van der Waals surface area contributed by atoms with Crippen molar-refractivity contribution in [3.05, 3.63) is 0 Å². The van der Waals surface area contributed by atoms with Crippen molar-refractivity contribution in [3.63, 3.8) is 0 Å². The van der Waals surface area contributed by atoms with E-state index in [0.717, 1.165) is 6.42 Å². The number of rotatable bonds is 10. The van der Waals surface area contributed by atoms with Gasteiger partial charge in [0, 0.05) is 19.8 Å². The highest BCUT2D eigenvalue weighted by atomic mass is 28.4. The Kier molecular flexibility index (Phi) is 8.99. The van der Waals surface area contributed by atoms with Crippen molar-refractivity contribution in [1.29, 1.82) is 0 Å². The normalized spacial score (nSPS) is 13.3. The number of carboxylic acid groups (broad SMARTS) is 1. The van der Waals surface area contributed by atoms with Crippen LogP contribution >= 0.6 is 0 Å². The summed E-state index contributed by atoms with van der Waals surface area (Å²) in [6.07, 6.45) is 0.385. The molecule has 1 amide bonds. The van der Waals surface area contributed by atoms with Crippen LogP contribution in [0.5, 0.6) is 0 Å². The first-order chi connectivity index (χ1) is 8.56. The summed E-state index contributed by atoms with van der Waals surface area (Å²) in [5.41, 5.74) is -0.417. The molecule has 108 valence electrons. The van der Waals surface area contributed by atoms with Crippen molar-refractivity contribution >= 4 is 14.9 Å². The minimum atomic E-state index is -3.00. The monoisotopic (exact) mass is 279 g/mol. The Balaban J connectivity index is 5.06. The van der Waals surface area contributed by atoms with Crippen LogP contribution in [0.15, 0.2) is 0 Å². The molecular weight excluding hydrogens is 254 g/mol. The fraction of sp³-hybridized carbons (Fsp3) is 0.909. The van der Waals surface area contributed by atoms with Crippen molar-refractivity contribution in [2.24, 2.45) is 0 Å². The average molecular weight is 279 g/mol. The fourth-order valence-corrected chi connectivity index (χ4v) is 4.81. The van der Waals surface area contributed by atoms with Gasteiger partial charge in [0.25, 0.3) is 0 Å². The third-order valence-electron chi connectivity index (χ3n) is 2.34. The van der Waals surface area contributed by atoms with Crippen molar-refractivity contribution in [2.45, 2.75) is 46.2 Å². The summed E-state index contributed by atoms with van der Waals surface area (Å²) in [4.78, 5) is 10.9. The van der Waals surface area contributed by atoms with Gasteiger partial charge in [-0.05, 0) is 27.2 Å². The topological polar surface area (TPSA) is 77.0 Å². The maximum absolute atomic E-state index is 10.9. The molecule has 1 atom stereocenters. The van der Waals surface area contributed by atoms with Gasteiger partial charge in [-0.25, -0.2) is 4.79 Å². The van der Waals surface area contributed by atoms with E-state index in [-0.39, 0.29) is 0 Å². The highest BCUT2D eigenvalue weighted by molar-refractivity contribution is 6.62. The van der Waals surface area contributed by atoms with Crippen LogP contribution in [0.25, 0.3) is 0 Å². The van der Waals surface area contributed by atoms with Gasteiger partial charge in [-0.2, -0.15) is 0 Å². The maximum Gasteiger partial charge on any atom is 0.524 e. The summed E-state index contributed by atoms with van der Waals surface area (Å²) in [6, 6.07) is 0. The Hall–Kier alpha value is -0.633. The lowest BCUT2D eigenvalue weighted by Gasteiger charge is -2.34. The third kappa shape index (κ3) is 5.34. The molecule has 0 aliphatic rings. The molecule has 0 aliphatic carbocycles. The van der Waals surface area contributed by atoms with Gasteiger partial charge >= 0.3 is 14.9 Å². The summed E-state index contributed by atoms with van der Waals surface area (Å²) in [5, 5.41) is 11.4. The SMILES string of the molecule is CCCC(NC(=O)O)[Si](OCC)(OCC)OCC. The smallest absolute Gasteiger partial charge is 0.465 e. The summed E-state index contributed by atoms with van der Waals surface area (Å²) in [5.74, 6) is 0. The molecule has 0 radical (unpaired) electrons. The van der Waals surface area contributed by atoms with Crippen molar-refractivity contribution in [2.75, 3.05) is 19.8 Å². The van der Waals surface area contributed by atoms with Gasteiger partial charge in [-0.1, -0.05) is 13.3 Å². The molecule has 0 saturated carbocycles. The lowest BCUT2D eigenvalue weighted by atomic mass is 10.3. The molecule has 0 rings (SSSR count). The molecule has 18 heavy (non-hydrogen) atoms. The molecule has 7 heteroatoms. The van der Waals surface area contributed by atoms with Crippen molar-refractivity contribution < 1.29 is 23.2 Å². The van der Waals surface area contributed by atoms with E-state index in [2.05, 4.69) is 5.32 Å². The van der Waals surface area contributed by atoms with Crippen LogP contribution < -0.4 is 5.32 Å². The predicted molar refractivity (Wildman–Crippen MR) is 70.5 cm³/mol. The van der Waals surface area contributed by atoms with E-state index in [0.29, 0.717) is 26.2 Å². The zero-order chi connectivity index (χ0) is 14.0. The van der Waals surface area contributed by atoms with E-state index in [1.54, 1.807) is 0 Å². The van der Waals surface area contributed by atoms with E-state index >= 15 is 0 Å². The third-order valence-corrected chi connectivity index (χ3v) is 5.70. The van der Waals surface area contributed by atoms with Crippen LogP contribution in [0.4, 0.5) is 4.79 Å². The van der Waals surface area contributed by atoms with Crippen LogP contribution in [-0.4, -0.2) is 45.5 Å². The fourth-order valence-electron chi connectivity index (χ4n) is 1.81. The number of amides is 1. The Morgan fingerprint density at radius 2 is 1.56 bits per heavy atom. The van der Waals surface area contributed by atoms with Gasteiger partial charge < -0.3 is 23.7 Å². The lowest BCUT2D eigenvalue weighted by Crippen LogP contribution is -2.62. The van der Waals surface area contributed by atoms with Crippen LogP contribution in [0.3, 0.4) is 0 Å². The van der Waals surface area contributed by atoms with Crippen molar-refractivity contribution in [3.8, 4) is 0 Å². The van der Waals surface area contributed by atoms with Crippen LogP contribution in [-0.2, 0) is 13.3 Å². The molecule has 0 spiro atoms.